The summed E-state index contributed by atoms with van der Waals surface area (Å²) in [4.78, 5) is 21.0. The number of hydrogen-bond donors (Lipinski definition) is 1. The van der Waals surface area contributed by atoms with Crippen LogP contribution < -0.4 is 5.32 Å². The molecule has 9 heteroatoms. The van der Waals surface area contributed by atoms with Crippen LogP contribution in [0, 0.1) is 0 Å². The summed E-state index contributed by atoms with van der Waals surface area (Å²) < 4.78 is 25.3. The molecule has 0 aliphatic rings. The molecule has 0 unspecified atom stereocenters. The fraction of sp³-hybridized carbons (Fsp3) is 0.0556. The Labute approximate surface area is 159 Å². The van der Waals surface area contributed by atoms with Crippen molar-refractivity contribution in [2.45, 2.75) is 5.16 Å². The number of nitrogens with one attached hydrogen (secondary N) is 1. The first-order valence-corrected chi connectivity index (χ1v) is 10.7. The number of benzene rings is 1. The lowest BCUT2D eigenvalue weighted by Crippen LogP contribution is -2.13. The Balaban J connectivity index is 1.66. The van der Waals surface area contributed by atoms with E-state index in [9.17, 15) is 13.2 Å². The first-order valence-electron chi connectivity index (χ1n) is 7.92. The van der Waals surface area contributed by atoms with Gasteiger partial charge in [-0.25, -0.2) is 18.4 Å². The summed E-state index contributed by atoms with van der Waals surface area (Å²) in [7, 11) is -3.58. The van der Waals surface area contributed by atoms with E-state index in [0.717, 1.165) is 16.8 Å². The van der Waals surface area contributed by atoms with Crippen molar-refractivity contribution in [1.82, 2.24) is 14.4 Å². The number of sulfone groups is 1. The number of carbonyl (C=O) groups is 1. The summed E-state index contributed by atoms with van der Waals surface area (Å²) in [5, 5.41) is 5.39. The second-order valence-corrected chi connectivity index (χ2v) is 8.64. The summed E-state index contributed by atoms with van der Waals surface area (Å²) >= 11 is 1.53. The Morgan fingerprint density at radius 3 is 2.59 bits per heavy atom. The SMILES string of the molecule is CS(=O)(=O)c1nc(C(=O)Nc2ccc(-c3nccs3)cc2)c2ccccn12. The highest BCUT2D eigenvalue weighted by atomic mass is 32.2. The number of thiazole rings is 1. The Kier molecular flexibility index (Phi) is 4.25. The number of aromatic nitrogens is 3. The lowest BCUT2D eigenvalue weighted by Gasteiger charge is -2.04. The van der Waals surface area contributed by atoms with Crippen molar-refractivity contribution in [2.75, 3.05) is 11.6 Å². The highest BCUT2D eigenvalue weighted by Gasteiger charge is 2.22. The van der Waals surface area contributed by atoms with Gasteiger partial charge in [-0.15, -0.1) is 11.3 Å². The van der Waals surface area contributed by atoms with Crippen LogP contribution in [-0.2, 0) is 9.84 Å². The van der Waals surface area contributed by atoms with Gasteiger partial charge in [0.25, 0.3) is 5.91 Å². The van der Waals surface area contributed by atoms with Gasteiger partial charge in [0.05, 0.1) is 5.52 Å². The molecule has 27 heavy (non-hydrogen) atoms. The van der Waals surface area contributed by atoms with Gasteiger partial charge in [0, 0.05) is 35.3 Å². The molecular weight excluding hydrogens is 384 g/mol. The molecule has 4 aromatic rings. The van der Waals surface area contributed by atoms with E-state index in [-0.39, 0.29) is 10.9 Å². The molecule has 136 valence electrons. The first-order chi connectivity index (χ1) is 12.9. The zero-order valence-electron chi connectivity index (χ0n) is 14.2. The standard InChI is InChI=1S/C18H14N4O3S2/c1-27(24,25)18-21-15(14-4-2-3-10-22(14)18)16(23)20-13-7-5-12(6-8-13)17-19-9-11-26-17/h2-11H,1H3,(H,20,23). The molecule has 0 fully saturated rings. The quantitative estimate of drug-likeness (QED) is 0.570. The van der Waals surface area contributed by atoms with E-state index < -0.39 is 15.7 Å². The second-order valence-electron chi connectivity index (χ2n) is 5.84. The molecule has 4 rings (SSSR count). The van der Waals surface area contributed by atoms with Gasteiger partial charge in [0.1, 0.15) is 5.01 Å². The van der Waals surface area contributed by atoms with E-state index in [2.05, 4.69) is 15.3 Å². The number of anilines is 1. The molecule has 0 atom stereocenters. The molecule has 0 radical (unpaired) electrons. The Morgan fingerprint density at radius 1 is 1.15 bits per heavy atom. The molecule has 1 aromatic carbocycles. The van der Waals surface area contributed by atoms with Crippen molar-refractivity contribution in [2.24, 2.45) is 0 Å². The molecule has 0 bridgehead atoms. The molecule has 3 aromatic heterocycles. The van der Waals surface area contributed by atoms with Gasteiger partial charge >= 0.3 is 0 Å². The molecular formula is C18H14N4O3S2. The third kappa shape index (κ3) is 3.34. The maximum absolute atomic E-state index is 12.7. The van der Waals surface area contributed by atoms with Crippen LogP contribution in [0.5, 0.6) is 0 Å². The molecule has 0 saturated heterocycles. The van der Waals surface area contributed by atoms with E-state index >= 15 is 0 Å². The number of fused-ring (bicyclic) bond motifs is 1. The minimum absolute atomic E-state index is 0.0556. The number of amides is 1. The predicted octanol–water partition coefficient (Wildman–Crippen LogP) is 3.11. The van der Waals surface area contributed by atoms with Crippen LogP contribution >= 0.6 is 11.3 Å². The van der Waals surface area contributed by atoms with Crippen LogP contribution in [0.2, 0.25) is 0 Å². The average Bonchev–Trinajstić information content (AvgIpc) is 3.30. The largest absolute Gasteiger partial charge is 0.321 e. The van der Waals surface area contributed by atoms with E-state index in [4.69, 9.17) is 0 Å². The summed E-state index contributed by atoms with van der Waals surface area (Å²) in [6.07, 6.45) is 4.37. The van der Waals surface area contributed by atoms with E-state index in [1.807, 2.05) is 17.5 Å². The molecule has 1 N–H and O–H groups in total. The normalized spacial score (nSPS) is 11.6. The molecule has 0 spiro atoms. The Morgan fingerprint density at radius 2 is 1.93 bits per heavy atom. The van der Waals surface area contributed by atoms with Crippen LogP contribution in [0.1, 0.15) is 10.5 Å². The Bertz CT molecular complexity index is 1230. The zero-order chi connectivity index (χ0) is 19.0. The molecule has 1 amide bonds. The third-order valence-corrected chi connectivity index (χ3v) is 5.66. The van der Waals surface area contributed by atoms with Crippen LogP contribution in [0.3, 0.4) is 0 Å². The van der Waals surface area contributed by atoms with Crippen molar-refractivity contribution in [1.29, 1.82) is 0 Å². The molecule has 0 saturated carbocycles. The van der Waals surface area contributed by atoms with E-state index in [0.29, 0.717) is 11.2 Å². The number of rotatable bonds is 4. The summed E-state index contributed by atoms with van der Waals surface area (Å²) in [5.74, 6) is -0.476. The van der Waals surface area contributed by atoms with E-state index in [1.165, 1.54) is 15.7 Å². The fourth-order valence-corrected chi connectivity index (χ4v) is 4.11. The van der Waals surface area contributed by atoms with Gasteiger partial charge < -0.3 is 5.32 Å². The van der Waals surface area contributed by atoms with Crippen molar-refractivity contribution in [3.05, 3.63) is 65.9 Å². The van der Waals surface area contributed by atoms with Crippen molar-refractivity contribution in [3.63, 3.8) is 0 Å². The van der Waals surface area contributed by atoms with Crippen molar-refractivity contribution < 1.29 is 13.2 Å². The maximum Gasteiger partial charge on any atom is 0.276 e. The predicted molar refractivity (Wildman–Crippen MR) is 104 cm³/mol. The van der Waals surface area contributed by atoms with Crippen LogP contribution in [0.25, 0.3) is 16.1 Å². The lowest BCUT2D eigenvalue weighted by molar-refractivity contribution is 0.102. The minimum atomic E-state index is -3.58. The van der Waals surface area contributed by atoms with E-state index in [1.54, 1.807) is 42.7 Å². The average molecular weight is 398 g/mol. The molecule has 0 aliphatic heterocycles. The smallest absolute Gasteiger partial charge is 0.276 e. The number of carbonyl (C=O) groups excluding carboxylic acids is 1. The summed E-state index contributed by atoms with van der Waals surface area (Å²) in [6.45, 7) is 0. The summed E-state index contributed by atoms with van der Waals surface area (Å²) in [6, 6.07) is 12.3. The molecule has 0 aliphatic carbocycles. The summed E-state index contributed by atoms with van der Waals surface area (Å²) in [5.41, 5.74) is 2.02. The second kappa shape index (κ2) is 6.60. The van der Waals surface area contributed by atoms with Gasteiger partial charge in [-0.3, -0.25) is 9.20 Å². The number of hydrogen-bond acceptors (Lipinski definition) is 6. The monoisotopic (exact) mass is 398 g/mol. The number of imidazole rings is 1. The van der Waals surface area contributed by atoms with Crippen molar-refractivity contribution in [3.8, 4) is 10.6 Å². The number of nitrogens with zero attached hydrogens (tertiary/aromatic N) is 3. The molecule has 7 nitrogen and oxygen atoms in total. The van der Waals surface area contributed by atoms with Crippen LogP contribution in [0.15, 0.2) is 65.4 Å². The van der Waals surface area contributed by atoms with Gasteiger partial charge in [0.2, 0.25) is 15.0 Å². The van der Waals surface area contributed by atoms with Gasteiger partial charge in [0.15, 0.2) is 5.69 Å². The fourth-order valence-electron chi connectivity index (χ4n) is 2.69. The van der Waals surface area contributed by atoms with Crippen LogP contribution in [0.4, 0.5) is 5.69 Å². The van der Waals surface area contributed by atoms with Crippen LogP contribution in [-0.4, -0.2) is 34.9 Å². The molecule has 3 heterocycles. The number of pyridine rings is 1. The van der Waals surface area contributed by atoms with Gasteiger partial charge in [-0.05, 0) is 36.4 Å². The third-order valence-electron chi connectivity index (χ3n) is 3.88. The Hall–Kier alpha value is -3.04. The maximum atomic E-state index is 12.7. The highest BCUT2D eigenvalue weighted by Crippen LogP contribution is 2.24. The lowest BCUT2D eigenvalue weighted by atomic mass is 10.2. The van der Waals surface area contributed by atoms with Gasteiger partial charge in [-0.2, -0.15) is 0 Å². The minimum Gasteiger partial charge on any atom is -0.321 e. The van der Waals surface area contributed by atoms with Gasteiger partial charge in [-0.1, -0.05) is 6.07 Å². The first kappa shape index (κ1) is 17.4. The topological polar surface area (TPSA) is 93.4 Å². The zero-order valence-corrected chi connectivity index (χ0v) is 15.8. The highest BCUT2D eigenvalue weighted by molar-refractivity contribution is 7.90. The van der Waals surface area contributed by atoms with Crippen molar-refractivity contribution >= 4 is 38.3 Å².